The van der Waals surface area contributed by atoms with Gasteiger partial charge >= 0.3 is 0 Å². The maximum atomic E-state index is 12.5. The quantitative estimate of drug-likeness (QED) is 0.891. The number of hydrogen-bond acceptors (Lipinski definition) is 3. The summed E-state index contributed by atoms with van der Waals surface area (Å²) in [4.78, 5) is 12.5. The van der Waals surface area contributed by atoms with Crippen LogP contribution in [0.2, 0.25) is 0 Å². The van der Waals surface area contributed by atoms with Gasteiger partial charge in [0.15, 0.2) is 0 Å². The first kappa shape index (κ1) is 15.6. The summed E-state index contributed by atoms with van der Waals surface area (Å²) in [7, 11) is 1.65. The number of anilines is 1. The van der Waals surface area contributed by atoms with Gasteiger partial charge in [-0.25, -0.2) is 0 Å². The second-order valence-electron chi connectivity index (χ2n) is 6.02. The molecule has 0 saturated heterocycles. The van der Waals surface area contributed by atoms with Crippen LogP contribution in [0, 0.1) is 12.8 Å². The highest BCUT2D eigenvalue weighted by molar-refractivity contribution is 5.95. The Labute approximate surface area is 136 Å². The lowest BCUT2D eigenvalue weighted by Gasteiger charge is -2.10. The third-order valence-electron chi connectivity index (χ3n) is 4.39. The molecule has 2 aromatic rings. The summed E-state index contributed by atoms with van der Waals surface area (Å²) in [5, 5.41) is 12.2. The number of carbonyl (C=O) groups is 1. The van der Waals surface area contributed by atoms with Crippen LogP contribution in [-0.4, -0.2) is 18.1 Å². The van der Waals surface area contributed by atoms with Crippen LogP contribution < -0.4 is 10.1 Å². The first-order valence-corrected chi connectivity index (χ1v) is 7.77. The number of hydrogen-bond donors (Lipinski definition) is 2. The van der Waals surface area contributed by atoms with Crippen molar-refractivity contribution in [3.63, 3.8) is 0 Å². The fraction of sp³-hybridized carbons (Fsp3) is 0.316. The average molecular weight is 311 g/mol. The molecule has 1 amide bonds. The van der Waals surface area contributed by atoms with Crippen molar-refractivity contribution in [3.8, 4) is 5.75 Å². The average Bonchev–Trinajstić information content (AvgIpc) is 3.37. The van der Waals surface area contributed by atoms with E-state index in [1.165, 1.54) is 0 Å². The van der Waals surface area contributed by atoms with Gasteiger partial charge in [-0.3, -0.25) is 4.79 Å². The van der Waals surface area contributed by atoms with Gasteiger partial charge in [-0.15, -0.1) is 0 Å². The summed E-state index contributed by atoms with van der Waals surface area (Å²) in [5.74, 6) is 1.11. The first-order chi connectivity index (χ1) is 11.1. The third kappa shape index (κ3) is 3.37. The Kier molecular flexibility index (Phi) is 4.35. The number of carbonyl (C=O) groups excluding carboxylic acids is 1. The van der Waals surface area contributed by atoms with Crippen molar-refractivity contribution in [2.24, 2.45) is 5.92 Å². The van der Waals surface area contributed by atoms with Gasteiger partial charge in [-0.05, 0) is 54.2 Å². The summed E-state index contributed by atoms with van der Waals surface area (Å²) in [6.45, 7) is 1.92. The molecule has 4 nitrogen and oxygen atoms in total. The van der Waals surface area contributed by atoms with E-state index < -0.39 is 0 Å². The number of amides is 1. The molecule has 23 heavy (non-hydrogen) atoms. The van der Waals surface area contributed by atoms with Crippen molar-refractivity contribution in [1.29, 1.82) is 0 Å². The standard InChI is InChI=1S/C19H21NO3/c1-12-6-7-13(11-21)8-18(12)20-19(22)17-10-16(17)14-4-3-5-15(9-14)23-2/h3-9,16-17,21H,10-11H2,1-2H3,(H,20,22). The monoisotopic (exact) mass is 311 g/mol. The largest absolute Gasteiger partial charge is 0.497 e. The number of benzene rings is 2. The third-order valence-corrected chi connectivity index (χ3v) is 4.39. The number of aryl methyl sites for hydroxylation is 1. The van der Waals surface area contributed by atoms with E-state index in [2.05, 4.69) is 5.32 Å². The molecule has 2 atom stereocenters. The lowest BCUT2D eigenvalue weighted by molar-refractivity contribution is -0.117. The van der Waals surface area contributed by atoms with Crippen LogP contribution in [0.1, 0.15) is 29.0 Å². The van der Waals surface area contributed by atoms with Gasteiger partial charge in [0, 0.05) is 11.6 Å². The van der Waals surface area contributed by atoms with Gasteiger partial charge in [0.2, 0.25) is 5.91 Å². The van der Waals surface area contributed by atoms with E-state index in [4.69, 9.17) is 4.74 Å². The molecule has 2 aromatic carbocycles. The summed E-state index contributed by atoms with van der Waals surface area (Å²) in [6.07, 6.45) is 0.859. The van der Waals surface area contributed by atoms with Crippen molar-refractivity contribution in [2.75, 3.05) is 12.4 Å². The molecule has 1 aliphatic rings. The Morgan fingerprint density at radius 3 is 2.87 bits per heavy atom. The van der Waals surface area contributed by atoms with E-state index >= 15 is 0 Å². The zero-order valence-corrected chi connectivity index (χ0v) is 13.4. The number of aliphatic hydroxyl groups is 1. The SMILES string of the molecule is COc1cccc(C2CC2C(=O)Nc2cc(CO)ccc2C)c1. The Bertz CT molecular complexity index is 726. The van der Waals surface area contributed by atoms with Crippen LogP contribution in [0.15, 0.2) is 42.5 Å². The predicted molar refractivity (Wildman–Crippen MR) is 89.6 cm³/mol. The fourth-order valence-corrected chi connectivity index (χ4v) is 2.85. The van der Waals surface area contributed by atoms with Gasteiger partial charge in [0.25, 0.3) is 0 Å². The molecule has 1 saturated carbocycles. The van der Waals surface area contributed by atoms with Crippen LogP contribution in [-0.2, 0) is 11.4 Å². The Balaban J connectivity index is 1.69. The van der Waals surface area contributed by atoms with Crippen molar-refractivity contribution < 1.29 is 14.6 Å². The fourth-order valence-electron chi connectivity index (χ4n) is 2.85. The molecular formula is C19H21NO3. The topological polar surface area (TPSA) is 58.6 Å². The summed E-state index contributed by atoms with van der Waals surface area (Å²) in [6, 6.07) is 13.5. The highest BCUT2D eigenvalue weighted by Crippen LogP contribution is 2.48. The van der Waals surface area contributed by atoms with Crippen LogP contribution in [0.25, 0.3) is 0 Å². The maximum absolute atomic E-state index is 12.5. The van der Waals surface area contributed by atoms with E-state index in [0.29, 0.717) is 0 Å². The molecule has 4 heteroatoms. The maximum Gasteiger partial charge on any atom is 0.228 e. The normalized spacial score (nSPS) is 19.3. The molecule has 0 aliphatic heterocycles. The minimum Gasteiger partial charge on any atom is -0.497 e. The Hall–Kier alpha value is -2.33. The summed E-state index contributed by atoms with van der Waals surface area (Å²) in [5.41, 5.74) is 3.71. The summed E-state index contributed by atoms with van der Waals surface area (Å²) < 4.78 is 5.24. The van der Waals surface area contributed by atoms with Crippen molar-refractivity contribution in [2.45, 2.75) is 25.9 Å². The zero-order chi connectivity index (χ0) is 16.4. The molecule has 0 bridgehead atoms. The lowest BCUT2D eigenvalue weighted by Crippen LogP contribution is -2.15. The van der Waals surface area contributed by atoms with Gasteiger partial charge in [-0.2, -0.15) is 0 Å². The molecule has 0 spiro atoms. The first-order valence-electron chi connectivity index (χ1n) is 7.77. The van der Waals surface area contributed by atoms with Gasteiger partial charge in [-0.1, -0.05) is 24.3 Å². The van der Waals surface area contributed by atoms with Crippen molar-refractivity contribution in [1.82, 2.24) is 0 Å². The number of rotatable bonds is 5. The van der Waals surface area contributed by atoms with Crippen LogP contribution in [0.4, 0.5) is 5.69 Å². The highest BCUT2D eigenvalue weighted by Gasteiger charge is 2.44. The molecule has 0 heterocycles. The van der Waals surface area contributed by atoms with Crippen LogP contribution >= 0.6 is 0 Å². The Morgan fingerprint density at radius 2 is 2.13 bits per heavy atom. The van der Waals surface area contributed by atoms with Crippen molar-refractivity contribution >= 4 is 11.6 Å². The second kappa shape index (κ2) is 6.42. The second-order valence-corrected chi connectivity index (χ2v) is 6.02. The van der Waals surface area contributed by atoms with E-state index in [0.717, 1.165) is 34.5 Å². The van der Waals surface area contributed by atoms with E-state index in [-0.39, 0.29) is 24.3 Å². The van der Waals surface area contributed by atoms with Crippen molar-refractivity contribution in [3.05, 3.63) is 59.2 Å². The smallest absolute Gasteiger partial charge is 0.228 e. The van der Waals surface area contributed by atoms with E-state index in [1.807, 2.05) is 49.4 Å². The van der Waals surface area contributed by atoms with Crippen LogP contribution in [0.3, 0.4) is 0 Å². The number of nitrogens with one attached hydrogen (secondary N) is 1. The summed E-state index contributed by atoms with van der Waals surface area (Å²) >= 11 is 0. The molecule has 0 aromatic heterocycles. The molecule has 2 unspecified atom stereocenters. The van der Waals surface area contributed by atoms with Gasteiger partial charge in [0.1, 0.15) is 5.75 Å². The van der Waals surface area contributed by atoms with E-state index in [9.17, 15) is 9.90 Å². The predicted octanol–water partition coefficient (Wildman–Crippen LogP) is 3.24. The molecule has 120 valence electrons. The molecule has 1 fully saturated rings. The highest BCUT2D eigenvalue weighted by atomic mass is 16.5. The van der Waals surface area contributed by atoms with E-state index in [1.54, 1.807) is 7.11 Å². The van der Waals surface area contributed by atoms with Crippen LogP contribution in [0.5, 0.6) is 5.75 Å². The van der Waals surface area contributed by atoms with Gasteiger partial charge in [0.05, 0.1) is 13.7 Å². The number of methoxy groups -OCH3 is 1. The van der Waals surface area contributed by atoms with Gasteiger partial charge < -0.3 is 15.2 Å². The molecular weight excluding hydrogens is 290 g/mol. The Morgan fingerprint density at radius 1 is 1.30 bits per heavy atom. The molecule has 3 rings (SSSR count). The minimum atomic E-state index is -0.0288. The molecule has 0 radical (unpaired) electrons. The zero-order valence-electron chi connectivity index (χ0n) is 13.4. The number of aliphatic hydroxyl groups excluding tert-OH is 1. The minimum absolute atomic E-state index is 0.000659. The number of ether oxygens (including phenoxy) is 1. The molecule has 1 aliphatic carbocycles. The lowest BCUT2D eigenvalue weighted by atomic mass is 10.1. The molecule has 2 N–H and O–H groups in total.